The van der Waals surface area contributed by atoms with Gasteiger partial charge in [-0.2, -0.15) is 5.26 Å². The minimum Gasteiger partial charge on any atom is -0.472 e. The topological polar surface area (TPSA) is 105 Å². The van der Waals surface area contributed by atoms with Crippen LogP contribution < -0.4 is 5.32 Å². The molecule has 2 aromatic heterocycles. The number of nitrogens with zero attached hydrogens (tertiary/aromatic N) is 2. The molecule has 2 amide bonds. The molecular formula is C23H25N3O5S. The van der Waals surface area contributed by atoms with Gasteiger partial charge in [-0.15, -0.1) is 11.3 Å². The van der Waals surface area contributed by atoms with Crippen molar-refractivity contribution in [3.63, 3.8) is 0 Å². The number of carbonyl (C=O) groups is 2. The van der Waals surface area contributed by atoms with Gasteiger partial charge in [0.15, 0.2) is 0 Å². The number of carbonyl (C=O) groups excluding carboxylic acids is 2. The molecule has 0 spiro atoms. The molecule has 1 aliphatic carbocycles. The number of nitrogens with one attached hydrogen (secondary N) is 1. The summed E-state index contributed by atoms with van der Waals surface area (Å²) in [5.41, 5.74) is 2.22. The van der Waals surface area contributed by atoms with Crippen LogP contribution in [0.25, 0.3) is 6.08 Å². The van der Waals surface area contributed by atoms with Gasteiger partial charge in [0.2, 0.25) is 5.91 Å². The number of hydrogen-bond donors (Lipinski definition) is 1. The van der Waals surface area contributed by atoms with Crippen molar-refractivity contribution in [2.24, 2.45) is 0 Å². The maximum absolute atomic E-state index is 12.7. The highest BCUT2D eigenvalue weighted by Gasteiger charge is 2.33. The fourth-order valence-corrected chi connectivity index (χ4v) is 5.48. The Morgan fingerprint density at radius 1 is 1.44 bits per heavy atom. The molecule has 2 aromatic rings. The zero-order chi connectivity index (χ0) is 22.5. The van der Waals surface area contributed by atoms with Crippen LogP contribution in [0.5, 0.6) is 0 Å². The smallest absolute Gasteiger partial charge is 0.410 e. The Labute approximate surface area is 190 Å². The molecule has 1 saturated heterocycles. The molecule has 3 heterocycles. The molecule has 9 heteroatoms. The van der Waals surface area contributed by atoms with Crippen LogP contribution in [-0.2, 0) is 27.1 Å². The van der Waals surface area contributed by atoms with Crippen molar-refractivity contribution in [2.75, 3.05) is 25.6 Å². The number of furan rings is 1. The first-order valence-corrected chi connectivity index (χ1v) is 11.4. The lowest BCUT2D eigenvalue weighted by atomic mass is 9.94. The lowest BCUT2D eigenvalue weighted by molar-refractivity contribution is -0.111. The quantitative estimate of drug-likeness (QED) is 0.661. The molecule has 1 aliphatic heterocycles. The van der Waals surface area contributed by atoms with Gasteiger partial charge in [0, 0.05) is 36.6 Å². The van der Waals surface area contributed by atoms with Crippen molar-refractivity contribution >= 4 is 34.4 Å². The lowest BCUT2D eigenvalue weighted by Gasteiger charge is -2.28. The fraction of sp³-hybridized carbons (Fsp3) is 0.435. The van der Waals surface area contributed by atoms with E-state index in [1.807, 2.05) is 0 Å². The molecular weight excluding hydrogens is 430 g/mol. The maximum atomic E-state index is 12.7. The zero-order valence-electron chi connectivity index (χ0n) is 17.8. The van der Waals surface area contributed by atoms with Gasteiger partial charge in [-0.1, -0.05) is 0 Å². The van der Waals surface area contributed by atoms with E-state index in [4.69, 9.17) is 13.9 Å². The van der Waals surface area contributed by atoms with Crippen LogP contribution in [0, 0.1) is 11.3 Å². The molecule has 2 aliphatic rings. The van der Waals surface area contributed by atoms with Crippen LogP contribution in [-0.4, -0.2) is 49.3 Å². The first-order chi connectivity index (χ1) is 15.6. The van der Waals surface area contributed by atoms with Crippen molar-refractivity contribution < 1.29 is 23.5 Å². The van der Waals surface area contributed by atoms with Crippen LogP contribution in [0.4, 0.5) is 9.80 Å². The Hall–Kier alpha value is -3.09. The summed E-state index contributed by atoms with van der Waals surface area (Å²) in [6.07, 6.45) is 9.28. The molecule has 1 N–H and O–H groups in total. The minimum atomic E-state index is -0.317. The molecule has 8 nitrogen and oxygen atoms in total. The molecule has 1 fully saturated rings. The number of anilines is 1. The lowest BCUT2D eigenvalue weighted by Crippen LogP contribution is -2.40. The molecule has 2 unspecified atom stereocenters. The highest BCUT2D eigenvalue weighted by molar-refractivity contribution is 7.16. The highest BCUT2D eigenvalue weighted by Crippen LogP contribution is 2.38. The number of hydrogen-bond acceptors (Lipinski definition) is 7. The normalized spacial score (nSPS) is 20.2. The Morgan fingerprint density at radius 2 is 2.31 bits per heavy atom. The molecule has 168 valence electrons. The second-order valence-electron chi connectivity index (χ2n) is 7.89. The largest absolute Gasteiger partial charge is 0.472 e. The summed E-state index contributed by atoms with van der Waals surface area (Å²) in [6, 6.07) is 4.04. The molecule has 4 rings (SSSR count). The zero-order valence-corrected chi connectivity index (χ0v) is 18.7. The maximum Gasteiger partial charge on any atom is 0.410 e. The number of rotatable bonds is 6. The van der Waals surface area contributed by atoms with E-state index in [0.717, 1.165) is 28.8 Å². The summed E-state index contributed by atoms with van der Waals surface area (Å²) in [6.45, 7) is 1.20. The van der Waals surface area contributed by atoms with Crippen molar-refractivity contribution in [2.45, 2.75) is 44.2 Å². The molecule has 0 aromatic carbocycles. The predicted octanol–water partition coefficient (Wildman–Crippen LogP) is 3.97. The summed E-state index contributed by atoms with van der Waals surface area (Å²) in [4.78, 5) is 27.7. The van der Waals surface area contributed by atoms with E-state index in [0.29, 0.717) is 43.0 Å². The molecule has 0 radical (unpaired) electrons. The second kappa shape index (κ2) is 10.0. The average Bonchev–Trinajstić information content (AvgIpc) is 3.52. The Kier molecular flexibility index (Phi) is 6.93. The molecule has 32 heavy (non-hydrogen) atoms. The van der Waals surface area contributed by atoms with Crippen LogP contribution in [0.3, 0.4) is 0 Å². The number of ether oxygens (including phenoxy) is 2. The van der Waals surface area contributed by atoms with Crippen molar-refractivity contribution in [3.8, 4) is 6.07 Å². The van der Waals surface area contributed by atoms with E-state index >= 15 is 0 Å². The summed E-state index contributed by atoms with van der Waals surface area (Å²) < 4.78 is 16.0. The number of nitriles is 1. The number of fused-ring (bicyclic) bond motifs is 1. The first kappa shape index (κ1) is 22.1. The standard InChI is InChI=1S/C23H25N3O5S/c1-29-14-16-3-2-9-26(16)23(28)31-17-5-6-18-19(12-24)22(32-20(18)11-17)25-21(27)7-4-15-8-10-30-13-15/h4,7-8,10,13,16-17H,2-3,5-6,9,11,14H2,1H3,(H,25,27)/b7-4+. The van der Waals surface area contributed by atoms with E-state index in [2.05, 4.69) is 11.4 Å². The minimum absolute atomic E-state index is 0.0653. The number of methoxy groups -OCH3 is 1. The third-order valence-corrected chi connectivity index (χ3v) is 6.95. The summed E-state index contributed by atoms with van der Waals surface area (Å²) in [5, 5.41) is 13.0. The van der Waals surface area contributed by atoms with Gasteiger partial charge < -0.3 is 24.1 Å². The SMILES string of the molecule is COCC1CCCN1C(=O)OC1CCc2c(sc(NC(=O)/C=C/c3ccoc3)c2C#N)C1. The van der Waals surface area contributed by atoms with Crippen LogP contribution in [0.15, 0.2) is 29.1 Å². The Morgan fingerprint density at radius 3 is 3.06 bits per heavy atom. The predicted molar refractivity (Wildman–Crippen MR) is 119 cm³/mol. The number of amides is 2. The van der Waals surface area contributed by atoms with Crippen molar-refractivity contribution in [1.82, 2.24) is 4.90 Å². The van der Waals surface area contributed by atoms with Gasteiger partial charge >= 0.3 is 6.09 Å². The Balaban J connectivity index is 1.40. The summed E-state index contributed by atoms with van der Waals surface area (Å²) in [5.74, 6) is -0.317. The first-order valence-electron chi connectivity index (χ1n) is 10.6. The molecule has 0 bridgehead atoms. The summed E-state index contributed by atoms with van der Waals surface area (Å²) >= 11 is 1.38. The van der Waals surface area contributed by atoms with Crippen molar-refractivity contribution in [3.05, 3.63) is 46.2 Å². The third kappa shape index (κ3) is 4.87. The van der Waals surface area contributed by atoms with Gasteiger partial charge in [0.1, 0.15) is 17.2 Å². The van der Waals surface area contributed by atoms with Crippen LogP contribution in [0.2, 0.25) is 0 Å². The van der Waals surface area contributed by atoms with Gasteiger partial charge in [-0.3, -0.25) is 4.79 Å². The van der Waals surface area contributed by atoms with E-state index in [1.165, 1.54) is 29.9 Å². The Bertz CT molecular complexity index is 1040. The van der Waals surface area contributed by atoms with Gasteiger partial charge in [-0.25, -0.2) is 4.79 Å². The van der Waals surface area contributed by atoms with Crippen LogP contribution in [0.1, 0.15) is 40.8 Å². The van der Waals surface area contributed by atoms with Crippen LogP contribution >= 0.6 is 11.3 Å². The number of likely N-dealkylation sites (tertiary alicyclic amines) is 1. The average molecular weight is 456 g/mol. The fourth-order valence-electron chi connectivity index (χ4n) is 4.21. The number of thiophene rings is 1. The highest BCUT2D eigenvalue weighted by atomic mass is 32.1. The van der Waals surface area contributed by atoms with E-state index in [-0.39, 0.29) is 24.1 Å². The van der Waals surface area contributed by atoms with E-state index in [9.17, 15) is 14.9 Å². The third-order valence-electron chi connectivity index (χ3n) is 5.78. The van der Waals surface area contributed by atoms with Crippen molar-refractivity contribution in [1.29, 1.82) is 5.26 Å². The monoisotopic (exact) mass is 455 g/mol. The van der Waals surface area contributed by atoms with E-state index in [1.54, 1.807) is 24.2 Å². The second-order valence-corrected chi connectivity index (χ2v) is 9.00. The summed E-state index contributed by atoms with van der Waals surface area (Å²) in [7, 11) is 1.64. The van der Waals surface area contributed by atoms with Gasteiger partial charge in [0.05, 0.1) is 30.7 Å². The molecule has 0 saturated carbocycles. The van der Waals surface area contributed by atoms with Gasteiger partial charge in [0.25, 0.3) is 0 Å². The van der Waals surface area contributed by atoms with E-state index < -0.39 is 0 Å². The molecule has 2 atom stereocenters. The van der Waals surface area contributed by atoms with Gasteiger partial charge in [-0.05, 0) is 43.4 Å².